The van der Waals surface area contributed by atoms with Crippen molar-refractivity contribution in [3.63, 3.8) is 0 Å². The van der Waals surface area contributed by atoms with E-state index >= 15 is 0 Å². The summed E-state index contributed by atoms with van der Waals surface area (Å²) in [5.41, 5.74) is 1.03. The Morgan fingerprint density at radius 1 is 1.25 bits per heavy atom. The normalized spacial score (nSPS) is 10.2. The molecule has 0 unspecified atom stereocenters. The van der Waals surface area contributed by atoms with Gasteiger partial charge in [0, 0.05) is 26.1 Å². The third-order valence-electron chi connectivity index (χ3n) is 3.14. The van der Waals surface area contributed by atoms with Crippen LogP contribution in [0.1, 0.15) is 18.9 Å². The zero-order chi connectivity index (χ0) is 15.0. The molecule has 1 aromatic rings. The lowest BCUT2D eigenvalue weighted by atomic mass is 10.1. The molecule has 0 radical (unpaired) electrons. The first-order chi connectivity index (χ1) is 9.65. The predicted molar refractivity (Wildman–Crippen MR) is 79.2 cm³/mol. The van der Waals surface area contributed by atoms with E-state index in [0.29, 0.717) is 37.6 Å². The maximum Gasteiger partial charge on any atom is 0.224 e. The van der Waals surface area contributed by atoms with Crippen LogP contribution in [0.4, 0.5) is 0 Å². The number of methoxy groups -OCH3 is 2. The molecular weight excluding hydrogens is 256 g/mol. The van der Waals surface area contributed by atoms with Crippen LogP contribution in [-0.4, -0.2) is 45.2 Å². The van der Waals surface area contributed by atoms with Crippen LogP contribution < -0.4 is 14.8 Å². The first-order valence-electron chi connectivity index (χ1n) is 6.79. The van der Waals surface area contributed by atoms with Crippen LogP contribution >= 0.6 is 0 Å². The van der Waals surface area contributed by atoms with E-state index < -0.39 is 0 Å². The average molecular weight is 280 g/mol. The minimum Gasteiger partial charge on any atom is -0.493 e. The van der Waals surface area contributed by atoms with Gasteiger partial charge in [-0.05, 0) is 31.7 Å². The van der Waals surface area contributed by atoms with E-state index in [9.17, 15) is 4.79 Å². The molecule has 1 aromatic carbocycles. The lowest BCUT2D eigenvalue weighted by molar-refractivity contribution is -0.131. The number of carbonyl (C=O) groups is 1. The smallest absolute Gasteiger partial charge is 0.224 e. The molecule has 20 heavy (non-hydrogen) atoms. The Labute approximate surface area is 120 Å². The summed E-state index contributed by atoms with van der Waals surface area (Å²) in [6.45, 7) is 3.95. The topological polar surface area (TPSA) is 50.8 Å². The fourth-order valence-corrected chi connectivity index (χ4v) is 1.97. The second kappa shape index (κ2) is 8.43. The molecule has 0 saturated heterocycles. The molecule has 0 aliphatic rings. The summed E-state index contributed by atoms with van der Waals surface area (Å²) in [6, 6.07) is 5.72. The van der Waals surface area contributed by atoms with Crippen LogP contribution in [0, 0.1) is 0 Å². The number of nitrogens with zero attached hydrogens (tertiary/aromatic N) is 1. The second-order valence-corrected chi connectivity index (χ2v) is 4.45. The first-order valence-corrected chi connectivity index (χ1v) is 6.79. The largest absolute Gasteiger partial charge is 0.493 e. The fraction of sp³-hybridized carbons (Fsp3) is 0.533. The maximum atomic E-state index is 12.0. The van der Waals surface area contributed by atoms with Gasteiger partial charge in [0.15, 0.2) is 11.5 Å². The van der Waals surface area contributed by atoms with Crippen molar-refractivity contribution < 1.29 is 14.3 Å². The highest BCUT2D eigenvalue weighted by Crippen LogP contribution is 2.28. The Kier molecular flexibility index (Phi) is 6.87. The SMILES string of the molecule is CCN(Cc1ccc(OC)c(OC)c1)C(=O)CCNC. The lowest BCUT2D eigenvalue weighted by Gasteiger charge is -2.21. The van der Waals surface area contributed by atoms with Crippen molar-refractivity contribution in [3.05, 3.63) is 23.8 Å². The van der Waals surface area contributed by atoms with Crippen LogP contribution in [0.3, 0.4) is 0 Å². The van der Waals surface area contributed by atoms with Gasteiger partial charge < -0.3 is 19.7 Å². The average Bonchev–Trinajstić information content (AvgIpc) is 2.49. The van der Waals surface area contributed by atoms with E-state index in [1.165, 1.54) is 0 Å². The summed E-state index contributed by atoms with van der Waals surface area (Å²) in [5, 5.41) is 2.99. The van der Waals surface area contributed by atoms with Gasteiger partial charge in [-0.25, -0.2) is 0 Å². The molecule has 0 fully saturated rings. The number of ether oxygens (including phenoxy) is 2. The molecule has 1 N–H and O–H groups in total. The zero-order valence-corrected chi connectivity index (χ0v) is 12.7. The number of amides is 1. The summed E-state index contributed by atoms with van der Waals surface area (Å²) in [5.74, 6) is 1.53. The standard InChI is InChI=1S/C15H24N2O3/c1-5-17(15(18)8-9-16-2)11-12-6-7-13(19-3)14(10-12)20-4/h6-7,10,16H,5,8-9,11H2,1-4H3. The van der Waals surface area contributed by atoms with E-state index in [0.717, 1.165) is 5.56 Å². The molecule has 0 heterocycles. The molecule has 112 valence electrons. The predicted octanol–water partition coefficient (Wildman–Crippen LogP) is 1.66. The van der Waals surface area contributed by atoms with E-state index in [1.54, 1.807) is 14.2 Å². The van der Waals surface area contributed by atoms with Crippen molar-refractivity contribution in [1.82, 2.24) is 10.2 Å². The summed E-state index contributed by atoms with van der Waals surface area (Å²) in [4.78, 5) is 13.9. The number of hydrogen-bond donors (Lipinski definition) is 1. The maximum absolute atomic E-state index is 12.0. The lowest BCUT2D eigenvalue weighted by Crippen LogP contribution is -2.32. The summed E-state index contributed by atoms with van der Waals surface area (Å²) < 4.78 is 10.5. The van der Waals surface area contributed by atoms with Crippen LogP contribution in [0.2, 0.25) is 0 Å². The highest BCUT2D eigenvalue weighted by atomic mass is 16.5. The molecular formula is C15H24N2O3. The third kappa shape index (κ3) is 4.42. The van der Waals surface area contributed by atoms with Gasteiger partial charge in [0.05, 0.1) is 14.2 Å². The van der Waals surface area contributed by atoms with Crippen molar-refractivity contribution in [1.29, 1.82) is 0 Å². The molecule has 0 aliphatic heterocycles. The van der Waals surface area contributed by atoms with E-state index in [2.05, 4.69) is 5.32 Å². The molecule has 5 nitrogen and oxygen atoms in total. The van der Waals surface area contributed by atoms with Gasteiger partial charge in [0.2, 0.25) is 5.91 Å². The van der Waals surface area contributed by atoms with Gasteiger partial charge in [-0.2, -0.15) is 0 Å². The second-order valence-electron chi connectivity index (χ2n) is 4.45. The van der Waals surface area contributed by atoms with Gasteiger partial charge >= 0.3 is 0 Å². The molecule has 0 spiro atoms. The van der Waals surface area contributed by atoms with Crippen molar-refractivity contribution in [2.45, 2.75) is 19.9 Å². The molecule has 5 heteroatoms. The minimum atomic E-state index is 0.150. The number of rotatable bonds is 8. The van der Waals surface area contributed by atoms with Gasteiger partial charge in [-0.1, -0.05) is 6.07 Å². The number of nitrogens with one attached hydrogen (secondary N) is 1. The molecule has 1 amide bonds. The van der Waals surface area contributed by atoms with E-state index in [1.807, 2.05) is 37.1 Å². The van der Waals surface area contributed by atoms with Crippen molar-refractivity contribution in [2.24, 2.45) is 0 Å². The van der Waals surface area contributed by atoms with E-state index in [4.69, 9.17) is 9.47 Å². The van der Waals surface area contributed by atoms with Gasteiger partial charge in [-0.3, -0.25) is 4.79 Å². The fourth-order valence-electron chi connectivity index (χ4n) is 1.97. The Morgan fingerprint density at radius 3 is 2.50 bits per heavy atom. The van der Waals surface area contributed by atoms with E-state index in [-0.39, 0.29) is 5.91 Å². The van der Waals surface area contributed by atoms with Crippen LogP contribution in [0.5, 0.6) is 11.5 Å². The Hall–Kier alpha value is -1.75. The highest BCUT2D eigenvalue weighted by molar-refractivity contribution is 5.76. The number of hydrogen-bond acceptors (Lipinski definition) is 4. The molecule has 1 rings (SSSR count). The van der Waals surface area contributed by atoms with Crippen LogP contribution in [-0.2, 0) is 11.3 Å². The molecule has 0 aliphatic carbocycles. The highest BCUT2D eigenvalue weighted by Gasteiger charge is 2.13. The summed E-state index contributed by atoms with van der Waals surface area (Å²) in [6.07, 6.45) is 0.512. The van der Waals surface area contributed by atoms with Gasteiger partial charge in [0.1, 0.15) is 0 Å². The van der Waals surface area contributed by atoms with Gasteiger partial charge in [-0.15, -0.1) is 0 Å². The zero-order valence-electron chi connectivity index (χ0n) is 12.7. The minimum absolute atomic E-state index is 0.150. The number of carbonyl (C=O) groups excluding carboxylic acids is 1. The first kappa shape index (κ1) is 16.3. The monoisotopic (exact) mass is 280 g/mol. The van der Waals surface area contributed by atoms with Crippen molar-refractivity contribution >= 4 is 5.91 Å². The van der Waals surface area contributed by atoms with Crippen LogP contribution in [0.15, 0.2) is 18.2 Å². The van der Waals surface area contributed by atoms with Crippen molar-refractivity contribution in [2.75, 3.05) is 34.4 Å². The summed E-state index contributed by atoms with van der Waals surface area (Å²) >= 11 is 0. The quantitative estimate of drug-likeness (QED) is 0.787. The van der Waals surface area contributed by atoms with Crippen LogP contribution in [0.25, 0.3) is 0 Å². The molecule has 0 bridgehead atoms. The third-order valence-corrected chi connectivity index (χ3v) is 3.14. The Balaban J connectivity index is 2.77. The number of benzene rings is 1. The molecule has 0 saturated carbocycles. The Bertz CT molecular complexity index is 435. The Morgan fingerprint density at radius 2 is 1.95 bits per heavy atom. The molecule has 0 atom stereocenters. The van der Waals surface area contributed by atoms with Gasteiger partial charge in [0.25, 0.3) is 0 Å². The van der Waals surface area contributed by atoms with Crippen molar-refractivity contribution in [3.8, 4) is 11.5 Å². The summed E-state index contributed by atoms with van der Waals surface area (Å²) in [7, 11) is 5.06. The molecule has 0 aromatic heterocycles.